The zero-order valence-electron chi connectivity index (χ0n) is 13.3. The van der Waals surface area contributed by atoms with Gasteiger partial charge in [-0.2, -0.15) is 0 Å². The summed E-state index contributed by atoms with van der Waals surface area (Å²) in [5, 5.41) is 6.01. The van der Waals surface area contributed by atoms with Crippen LogP contribution in [0.25, 0.3) is 6.08 Å². The Labute approximate surface area is 145 Å². The molecule has 0 bridgehead atoms. The van der Waals surface area contributed by atoms with Gasteiger partial charge in [-0.05, 0) is 6.08 Å². The molecule has 1 aliphatic rings. The van der Waals surface area contributed by atoms with Crippen LogP contribution < -0.4 is 16.0 Å². The fourth-order valence-corrected chi connectivity index (χ4v) is 3.64. The lowest BCUT2D eigenvalue weighted by molar-refractivity contribution is 0.596. The first-order chi connectivity index (χ1) is 11.4. The number of aromatic nitrogens is 2. The van der Waals surface area contributed by atoms with E-state index in [1.165, 1.54) is 6.26 Å². The lowest BCUT2D eigenvalue weighted by Gasteiger charge is -2.24. The number of anilines is 2. The summed E-state index contributed by atoms with van der Waals surface area (Å²) in [6.45, 7) is 1.64. The molecule has 0 radical (unpaired) electrons. The quantitative estimate of drug-likeness (QED) is 0.743. The van der Waals surface area contributed by atoms with Crippen molar-refractivity contribution in [2.45, 2.75) is 13.1 Å². The van der Waals surface area contributed by atoms with Crippen LogP contribution in [0.1, 0.15) is 16.1 Å². The second kappa shape index (κ2) is 6.88. The maximum Gasteiger partial charge on any atom is 0.148 e. The lowest BCUT2D eigenvalue weighted by Crippen LogP contribution is -2.22. The number of thiazole rings is 1. The Morgan fingerprint density at radius 1 is 1.42 bits per heavy atom. The third-order valence-corrected chi connectivity index (χ3v) is 5.43. The Bertz CT molecular complexity index is 860. The van der Waals surface area contributed by atoms with Crippen LogP contribution in [-0.4, -0.2) is 36.9 Å². The van der Waals surface area contributed by atoms with E-state index in [-0.39, 0.29) is 5.75 Å². The first-order valence-electron chi connectivity index (χ1n) is 7.42. The predicted molar refractivity (Wildman–Crippen MR) is 97.4 cm³/mol. The molecule has 0 saturated heterocycles. The molecule has 3 heterocycles. The maximum atomic E-state index is 11.1. The van der Waals surface area contributed by atoms with Crippen molar-refractivity contribution < 1.29 is 8.42 Å². The van der Waals surface area contributed by atoms with Gasteiger partial charge >= 0.3 is 0 Å². The van der Waals surface area contributed by atoms with Gasteiger partial charge in [0.15, 0.2) is 0 Å². The van der Waals surface area contributed by atoms with Crippen LogP contribution in [-0.2, 0) is 22.9 Å². The minimum Gasteiger partial charge on any atom is -0.397 e. The van der Waals surface area contributed by atoms with Crippen molar-refractivity contribution in [1.29, 1.82) is 0 Å². The van der Waals surface area contributed by atoms with Gasteiger partial charge in [0.1, 0.15) is 20.7 Å². The molecule has 0 fully saturated rings. The minimum atomic E-state index is -2.94. The number of nitrogens with one attached hydrogen (secondary N) is 1. The van der Waals surface area contributed by atoms with Crippen LogP contribution in [0.2, 0.25) is 0 Å². The number of rotatable bonds is 6. The largest absolute Gasteiger partial charge is 0.397 e. The number of fused-ring (bicyclic) bond motifs is 1. The van der Waals surface area contributed by atoms with Crippen molar-refractivity contribution in [2.75, 3.05) is 29.2 Å². The molecule has 2 aromatic heterocycles. The molecule has 3 N–H and O–H groups in total. The first-order valence-corrected chi connectivity index (χ1v) is 10.4. The van der Waals surface area contributed by atoms with Gasteiger partial charge < -0.3 is 16.0 Å². The molecule has 7 nitrogen and oxygen atoms in total. The number of pyridine rings is 1. The highest BCUT2D eigenvalue weighted by molar-refractivity contribution is 7.90. The summed E-state index contributed by atoms with van der Waals surface area (Å²) in [6, 6.07) is 0. The molecular weight excluding hydrogens is 346 g/mol. The highest BCUT2D eigenvalue weighted by Crippen LogP contribution is 2.28. The third kappa shape index (κ3) is 4.11. The fourth-order valence-electron chi connectivity index (χ4n) is 2.36. The Balaban J connectivity index is 1.61. The summed E-state index contributed by atoms with van der Waals surface area (Å²) >= 11 is 1.54. The molecule has 0 amide bonds. The molecule has 0 atom stereocenters. The van der Waals surface area contributed by atoms with Gasteiger partial charge in [0.2, 0.25) is 0 Å². The number of sulfone groups is 1. The van der Waals surface area contributed by atoms with E-state index in [1.54, 1.807) is 23.7 Å². The fraction of sp³-hybridized carbons (Fsp3) is 0.333. The van der Waals surface area contributed by atoms with E-state index in [0.29, 0.717) is 25.3 Å². The summed E-state index contributed by atoms with van der Waals surface area (Å²) in [6.07, 6.45) is 8.65. The van der Waals surface area contributed by atoms with E-state index < -0.39 is 9.84 Å². The Hall–Kier alpha value is -1.97. The molecule has 1 aliphatic heterocycles. The predicted octanol–water partition coefficient (Wildman–Crippen LogP) is 1.25. The number of nitrogen functional groups attached to an aromatic ring is 1. The number of nitrogens with zero attached hydrogens (tertiary/aromatic N) is 3. The molecule has 9 heteroatoms. The van der Waals surface area contributed by atoms with Gasteiger partial charge in [-0.3, -0.25) is 4.98 Å². The second-order valence-electron chi connectivity index (χ2n) is 5.65. The van der Waals surface area contributed by atoms with Crippen LogP contribution in [0, 0.1) is 0 Å². The van der Waals surface area contributed by atoms with Crippen molar-refractivity contribution in [2.24, 2.45) is 0 Å². The van der Waals surface area contributed by atoms with Gasteiger partial charge in [-0.15, -0.1) is 11.3 Å². The molecule has 3 rings (SSSR count). The van der Waals surface area contributed by atoms with E-state index >= 15 is 0 Å². The van der Waals surface area contributed by atoms with E-state index in [9.17, 15) is 8.42 Å². The molecule has 0 unspecified atom stereocenters. The van der Waals surface area contributed by atoms with Crippen LogP contribution in [0.3, 0.4) is 0 Å². The Kier molecular flexibility index (Phi) is 4.83. The van der Waals surface area contributed by atoms with Crippen molar-refractivity contribution in [3.63, 3.8) is 0 Å². The summed E-state index contributed by atoms with van der Waals surface area (Å²) in [5.74, 6) is 0.988. The minimum absolute atomic E-state index is 0.129. The molecule has 2 aromatic rings. The second-order valence-corrected chi connectivity index (χ2v) is 8.85. The average molecular weight is 365 g/mol. The smallest absolute Gasteiger partial charge is 0.148 e. The Morgan fingerprint density at radius 2 is 2.25 bits per heavy atom. The molecule has 0 aromatic carbocycles. The highest BCUT2D eigenvalue weighted by Gasteiger charge is 2.17. The molecule has 0 aliphatic carbocycles. The van der Waals surface area contributed by atoms with E-state index in [1.807, 2.05) is 22.6 Å². The van der Waals surface area contributed by atoms with Gasteiger partial charge in [-0.25, -0.2) is 13.4 Å². The third-order valence-electron chi connectivity index (χ3n) is 3.65. The van der Waals surface area contributed by atoms with E-state index in [0.717, 1.165) is 22.0 Å². The molecule has 128 valence electrons. The first kappa shape index (κ1) is 16.9. The van der Waals surface area contributed by atoms with Gasteiger partial charge in [0, 0.05) is 48.2 Å². The topological polar surface area (TPSA) is 101 Å². The molecule has 0 saturated carbocycles. The van der Waals surface area contributed by atoms with Crippen LogP contribution in [0.4, 0.5) is 11.5 Å². The Morgan fingerprint density at radius 3 is 3.04 bits per heavy atom. The van der Waals surface area contributed by atoms with E-state index in [4.69, 9.17) is 5.73 Å². The summed E-state index contributed by atoms with van der Waals surface area (Å²) < 4.78 is 22.2. The van der Waals surface area contributed by atoms with Crippen molar-refractivity contribution in [3.05, 3.63) is 40.1 Å². The number of nitrogens with two attached hydrogens (primary N) is 1. The average Bonchev–Trinajstić information content (AvgIpc) is 3.00. The molecule has 0 spiro atoms. The van der Waals surface area contributed by atoms with Crippen LogP contribution in [0.15, 0.2) is 24.0 Å². The normalized spacial score (nSPS) is 14.0. The summed E-state index contributed by atoms with van der Waals surface area (Å²) in [7, 11) is -2.94. The zero-order valence-corrected chi connectivity index (χ0v) is 14.9. The molecule has 24 heavy (non-hydrogen) atoms. The van der Waals surface area contributed by atoms with Crippen LogP contribution in [0.5, 0.6) is 0 Å². The maximum absolute atomic E-state index is 11.1. The standard InChI is InChI=1S/C15H19N5O2S2/c1-24(21,22)5-3-17-8-15-19-14(10-23-15)20-4-2-11-6-18-7-13(16)12(11)9-20/h2,4,6-7,10,17H,3,5,8-9,16H2,1H3. The zero-order chi connectivity index (χ0) is 17.2. The molecular formula is C15H19N5O2S2. The lowest BCUT2D eigenvalue weighted by atomic mass is 10.1. The monoisotopic (exact) mass is 365 g/mol. The van der Waals surface area contributed by atoms with E-state index in [2.05, 4.69) is 15.3 Å². The summed E-state index contributed by atoms with van der Waals surface area (Å²) in [4.78, 5) is 10.7. The van der Waals surface area contributed by atoms with Crippen molar-refractivity contribution in [3.8, 4) is 0 Å². The van der Waals surface area contributed by atoms with Crippen LogP contribution >= 0.6 is 11.3 Å². The number of hydrogen-bond acceptors (Lipinski definition) is 8. The highest BCUT2D eigenvalue weighted by atomic mass is 32.2. The summed E-state index contributed by atoms with van der Waals surface area (Å²) in [5.41, 5.74) is 8.76. The van der Waals surface area contributed by atoms with Gasteiger partial charge in [-0.1, -0.05) is 0 Å². The SMILES string of the molecule is CS(=O)(=O)CCNCc1nc(N2C=Cc3cncc(N)c3C2)cs1. The van der Waals surface area contributed by atoms with Gasteiger partial charge in [0.25, 0.3) is 0 Å². The van der Waals surface area contributed by atoms with Crippen molar-refractivity contribution >= 4 is 38.8 Å². The number of hydrogen-bond donors (Lipinski definition) is 2. The van der Waals surface area contributed by atoms with Gasteiger partial charge in [0.05, 0.1) is 24.2 Å². The van der Waals surface area contributed by atoms with Crippen molar-refractivity contribution in [1.82, 2.24) is 15.3 Å².